The van der Waals surface area contributed by atoms with Crippen LogP contribution in [0.4, 0.5) is 0 Å². The van der Waals surface area contributed by atoms with E-state index >= 15 is 0 Å². The van der Waals surface area contributed by atoms with Crippen molar-refractivity contribution in [2.24, 2.45) is 0 Å². The fourth-order valence-corrected chi connectivity index (χ4v) is 6.66. The molecule has 4 rings (SSSR count). The highest BCUT2D eigenvalue weighted by Gasteiger charge is 2.69. The highest BCUT2D eigenvalue weighted by Crippen LogP contribution is 2.60. The van der Waals surface area contributed by atoms with Gasteiger partial charge in [0.25, 0.3) is 0 Å². The van der Waals surface area contributed by atoms with E-state index in [9.17, 15) is 19.2 Å². The van der Waals surface area contributed by atoms with Crippen molar-refractivity contribution in [2.75, 3.05) is 0 Å². The molecule has 0 aromatic carbocycles. The van der Waals surface area contributed by atoms with Crippen molar-refractivity contribution < 1.29 is 19.2 Å². The molecule has 8 nitrogen and oxygen atoms in total. The summed E-state index contributed by atoms with van der Waals surface area (Å²) in [5.74, 6) is -0.608. The predicted octanol–water partition coefficient (Wildman–Crippen LogP) is -0.133. The Bertz CT molecular complexity index is 537. The second-order valence-electron chi connectivity index (χ2n) is 8.91. The lowest BCUT2D eigenvalue weighted by Gasteiger charge is -2.70. The van der Waals surface area contributed by atoms with Crippen LogP contribution in [-0.4, -0.2) is 45.8 Å². The highest BCUT2D eigenvalue weighted by molar-refractivity contribution is 5.78. The SMILES string of the molecule is CC(=O)NC12CC3(NC(C)=O)CC(NC(C)=O)(C1)CC(NC(C)=O)(C2)C3. The van der Waals surface area contributed by atoms with Crippen LogP contribution in [0.5, 0.6) is 0 Å². The lowest BCUT2D eigenvalue weighted by atomic mass is 9.44. The molecular formula is C18H28N4O4. The number of hydrogen-bond donors (Lipinski definition) is 4. The Hall–Kier alpha value is -2.12. The van der Waals surface area contributed by atoms with Crippen molar-refractivity contribution in [2.45, 2.75) is 88.4 Å². The first kappa shape index (κ1) is 18.7. The molecule has 0 saturated heterocycles. The standard InChI is InChI=1S/C18H28N4O4/c1-11(23)19-15-5-16(20-12(2)24)8-17(6-15,21-13(3)25)10-18(7-15,9-16)22-14(4)26/h5-10H2,1-4H3,(H,19,23)(H,20,24)(H,21,25)(H,22,26). The Morgan fingerprint density at radius 3 is 0.731 bits per heavy atom. The quantitative estimate of drug-likeness (QED) is 0.556. The van der Waals surface area contributed by atoms with Crippen LogP contribution in [-0.2, 0) is 19.2 Å². The van der Waals surface area contributed by atoms with Gasteiger partial charge in [0.2, 0.25) is 23.6 Å². The van der Waals surface area contributed by atoms with Gasteiger partial charge in [-0.2, -0.15) is 0 Å². The van der Waals surface area contributed by atoms with Gasteiger partial charge in [0.05, 0.1) is 0 Å². The average molecular weight is 364 g/mol. The normalized spacial score (nSPS) is 39.8. The number of carbonyl (C=O) groups is 4. The van der Waals surface area contributed by atoms with Gasteiger partial charge in [-0.1, -0.05) is 0 Å². The van der Waals surface area contributed by atoms with Crippen molar-refractivity contribution in [3.05, 3.63) is 0 Å². The zero-order valence-corrected chi connectivity index (χ0v) is 15.9. The molecule has 0 atom stereocenters. The zero-order valence-electron chi connectivity index (χ0n) is 15.9. The first-order chi connectivity index (χ1) is 11.9. The fourth-order valence-electron chi connectivity index (χ4n) is 6.66. The summed E-state index contributed by atoms with van der Waals surface area (Å²) in [5.41, 5.74) is -2.30. The van der Waals surface area contributed by atoms with E-state index in [2.05, 4.69) is 21.3 Å². The van der Waals surface area contributed by atoms with E-state index in [-0.39, 0.29) is 23.6 Å². The third-order valence-electron chi connectivity index (χ3n) is 5.83. The molecule has 8 heteroatoms. The lowest BCUT2D eigenvalue weighted by Crippen LogP contribution is -2.83. The van der Waals surface area contributed by atoms with Crippen LogP contribution in [0.3, 0.4) is 0 Å². The first-order valence-corrected chi connectivity index (χ1v) is 9.06. The molecule has 0 aromatic heterocycles. The molecule has 0 heterocycles. The molecule has 0 radical (unpaired) electrons. The van der Waals surface area contributed by atoms with Crippen LogP contribution in [0.2, 0.25) is 0 Å². The number of rotatable bonds is 4. The highest BCUT2D eigenvalue weighted by atomic mass is 16.2. The van der Waals surface area contributed by atoms with E-state index in [1.807, 2.05) is 0 Å². The van der Waals surface area contributed by atoms with Crippen molar-refractivity contribution >= 4 is 23.6 Å². The zero-order chi connectivity index (χ0) is 19.4. The van der Waals surface area contributed by atoms with Gasteiger partial charge in [-0.15, -0.1) is 0 Å². The van der Waals surface area contributed by atoms with Crippen LogP contribution in [0.1, 0.15) is 66.2 Å². The van der Waals surface area contributed by atoms with E-state index in [0.29, 0.717) is 38.5 Å². The summed E-state index contributed by atoms with van der Waals surface area (Å²) in [7, 11) is 0. The number of carbonyl (C=O) groups excluding carboxylic acids is 4. The summed E-state index contributed by atoms with van der Waals surface area (Å²) in [6.45, 7) is 5.89. The van der Waals surface area contributed by atoms with Gasteiger partial charge in [-0.25, -0.2) is 0 Å². The molecule has 26 heavy (non-hydrogen) atoms. The minimum atomic E-state index is -0.575. The maximum Gasteiger partial charge on any atom is 0.217 e. The molecule has 4 bridgehead atoms. The average Bonchev–Trinajstić information content (AvgIpc) is 2.28. The maximum atomic E-state index is 11.9. The Labute approximate surface area is 153 Å². The van der Waals surface area contributed by atoms with Crippen LogP contribution in [0.15, 0.2) is 0 Å². The van der Waals surface area contributed by atoms with E-state index in [1.165, 1.54) is 27.7 Å². The van der Waals surface area contributed by atoms with E-state index < -0.39 is 22.2 Å². The van der Waals surface area contributed by atoms with Crippen LogP contribution in [0.25, 0.3) is 0 Å². The summed E-state index contributed by atoms with van der Waals surface area (Å²) in [5, 5.41) is 12.4. The summed E-state index contributed by atoms with van der Waals surface area (Å²) in [4.78, 5) is 47.7. The molecular weight excluding hydrogens is 336 g/mol. The Morgan fingerprint density at radius 1 is 0.462 bits per heavy atom. The molecule has 4 aliphatic rings. The van der Waals surface area contributed by atoms with E-state index in [1.54, 1.807) is 0 Å². The molecule has 0 spiro atoms. The van der Waals surface area contributed by atoms with Gasteiger partial charge in [-0.05, 0) is 38.5 Å². The molecule has 0 aliphatic heterocycles. The van der Waals surface area contributed by atoms with Gasteiger partial charge in [-0.3, -0.25) is 19.2 Å². The lowest BCUT2D eigenvalue weighted by molar-refractivity contribution is -0.145. The van der Waals surface area contributed by atoms with Gasteiger partial charge >= 0.3 is 0 Å². The first-order valence-electron chi connectivity index (χ1n) is 9.06. The van der Waals surface area contributed by atoms with E-state index in [4.69, 9.17) is 0 Å². The maximum absolute atomic E-state index is 11.9. The topological polar surface area (TPSA) is 116 Å². The third kappa shape index (κ3) is 3.29. The van der Waals surface area contributed by atoms with Crippen LogP contribution < -0.4 is 21.3 Å². The van der Waals surface area contributed by atoms with Crippen molar-refractivity contribution in [3.63, 3.8) is 0 Å². The van der Waals surface area contributed by atoms with Crippen molar-refractivity contribution in [1.82, 2.24) is 21.3 Å². The Morgan fingerprint density at radius 2 is 0.615 bits per heavy atom. The molecule has 4 fully saturated rings. The van der Waals surface area contributed by atoms with Gasteiger partial charge in [0, 0.05) is 49.9 Å². The molecule has 4 amide bonds. The Balaban J connectivity index is 2.10. The smallest absolute Gasteiger partial charge is 0.217 e. The number of amides is 4. The van der Waals surface area contributed by atoms with Crippen LogP contribution in [0, 0.1) is 0 Å². The van der Waals surface area contributed by atoms with Gasteiger partial charge in [0.15, 0.2) is 0 Å². The predicted molar refractivity (Wildman–Crippen MR) is 93.9 cm³/mol. The van der Waals surface area contributed by atoms with Gasteiger partial charge in [0.1, 0.15) is 0 Å². The summed E-state index contributed by atoms with van der Waals surface area (Å²) < 4.78 is 0. The monoisotopic (exact) mass is 364 g/mol. The second-order valence-corrected chi connectivity index (χ2v) is 8.91. The minimum absolute atomic E-state index is 0.152. The Kier molecular flexibility index (Phi) is 4.08. The number of hydrogen-bond acceptors (Lipinski definition) is 4. The van der Waals surface area contributed by atoms with Gasteiger partial charge < -0.3 is 21.3 Å². The van der Waals surface area contributed by atoms with Crippen LogP contribution >= 0.6 is 0 Å². The molecule has 144 valence electrons. The number of nitrogens with one attached hydrogen (secondary N) is 4. The summed E-state index contributed by atoms with van der Waals surface area (Å²) in [6.07, 6.45) is 3.59. The molecule has 0 unspecified atom stereocenters. The minimum Gasteiger partial charge on any atom is -0.351 e. The molecule has 4 saturated carbocycles. The largest absolute Gasteiger partial charge is 0.351 e. The third-order valence-corrected chi connectivity index (χ3v) is 5.83. The summed E-state index contributed by atoms with van der Waals surface area (Å²) >= 11 is 0. The van der Waals surface area contributed by atoms with E-state index in [0.717, 1.165) is 0 Å². The molecule has 0 aromatic rings. The van der Waals surface area contributed by atoms with Crippen molar-refractivity contribution in [1.29, 1.82) is 0 Å². The molecule has 4 N–H and O–H groups in total. The fraction of sp³-hybridized carbons (Fsp3) is 0.778. The van der Waals surface area contributed by atoms with Crippen molar-refractivity contribution in [3.8, 4) is 0 Å². The second kappa shape index (κ2) is 5.69. The summed E-state index contributed by atoms with van der Waals surface area (Å²) in [6, 6.07) is 0. The molecule has 4 aliphatic carbocycles.